The van der Waals surface area contributed by atoms with E-state index in [-0.39, 0.29) is 10.2 Å². The van der Waals surface area contributed by atoms with Gasteiger partial charge in [-0.1, -0.05) is 11.6 Å². The van der Waals surface area contributed by atoms with Gasteiger partial charge in [-0.2, -0.15) is 4.37 Å². The Kier molecular flexibility index (Phi) is 4.12. The monoisotopic (exact) mass is 351 g/mol. The van der Waals surface area contributed by atoms with Gasteiger partial charge in [0.25, 0.3) is 10.0 Å². The summed E-state index contributed by atoms with van der Waals surface area (Å²) in [6, 6.07) is 1.65. The highest BCUT2D eigenvalue weighted by Crippen LogP contribution is 2.26. The zero-order valence-electron chi connectivity index (χ0n) is 10.3. The lowest BCUT2D eigenvalue weighted by molar-refractivity contribution is 0.0691. The van der Waals surface area contributed by atoms with Crippen LogP contribution in [0.5, 0.6) is 0 Å². The molecule has 1 aromatic heterocycles. The molecule has 2 N–H and O–H groups in total. The van der Waals surface area contributed by atoms with Gasteiger partial charge in [-0.15, -0.1) is 0 Å². The van der Waals surface area contributed by atoms with E-state index in [4.69, 9.17) is 16.7 Å². The summed E-state index contributed by atoms with van der Waals surface area (Å²) in [5.41, 5.74) is -0.837. The fourth-order valence-corrected chi connectivity index (χ4v) is 3.63. The fraction of sp³-hybridized carbons (Fsp3) is 0.100. The van der Waals surface area contributed by atoms with Crippen LogP contribution in [-0.2, 0) is 10.0 Å². The predicted molar refractivity (Wildman–Crippen MR) is 73.8 cm³/mol. The summed E-state index contributed by atoms with van der Waals surface area (Å²) >= 11 is 6.40. The molecule has 0 saturated carbocycles. The maximum atomic E-state index is 14.0. The molecule has 0 atom stereocenters. The van der Waals surface area contributed by atoms with Crippen molar-refractivity contribution >= 4 is 44.3 Å². The number of benzene rings is 1. The number of anilines is 1. The van der Waals surface area contributed by atoms with Gasteiger partial charge in [-0.05, 0) is 19.1 Å². The van der Waals surface area contributed by atoms with Crippen LogP contribution in [0.1, 0.15) is 16.2 Å². The van der Waals surface area contributed by atoms with E-state index < -0.39 is 32.3 Å². The van der Waals surface area contributed by atoms with E-state index in [2.05, 4.69) is 9.36 Å². The van der Waals surface area contributed by atoms with Crippen molar-refractivity contribution in [3.05, 3.63) is 34.4 Å². The highest BCUT2D eigenvalue weighted by Gasteiger charge is 2.26. The smallest absolute Gasteiger partial charge is 0.338 e. The van der Waals surface area contributed by atoms with Gasteiger partial charge in [0.1, 0.15) is 10.7 Å². The summed E-state index contributed by atoms with van der Waals surface area (Å²) < 4.78 is 44.0. The third-order valence-electron chi connectivity index (χ3n) is 2.27. The normalized spacial score (nSPS) is 11.4. The van der Waals surface area contributed by atoms with E-state index in [0.717, 1.165) is 23.7 Å². The minimum Gasteiger partial charge on any atom is -0.478 e. The van der Waals surface area contributed by atoms with Crippen LogP contribution in [0, 0.1) is 12.7 Å². The van der Waals surface area contributed by atoms with Gasteiger partial charge in [0, 0.05) is 16.6 Å². The maximum absolute atomic E-state index is 14.0. The number of nitrogens with zero attached hydrogens (tertiary/aromatic N) is 2. The Hall–Kier alpha value is -1.78. The molecule has 0 bridgehead atoms. The van der Waals surface area contributed by atoms with Gasteiger partial charge in [-0.3, -0.25) is 4.72 Å². The number of sulfonamides is 1. The van der Waals surface area contributed by atoms with Crippen molar-refractivity contribution in [1.82, 2.24) is 9.36 Å². The van der Waals surface area contributed by atoms with Crippen molar-refractivity contribution in [1.29, 1.82) is 0 Å². The van der Waals surface area contributed by atoms with E-state index in [1.807, 2.05) is 4.72 Å². The van der Waals surface area contributed by atoms with Crippen LogP contribution in [-0.4, -0.2) is 28.9 Å². The zero-order chi connectivity index (χ0) is 15.8. The summed E-state index contributed by atoms with van der Waals surface area (Å²) in [4.78, 5) is 13.8. The first-order chi connectivity index (χ1) is 9.70. The van der Waals surface area contributed by atoms with Crippen molar-refractivity contribution in [2.24, 2.45) is 0 Å². The topological polar surface area (TPSA) is 109 Å². The molecule has 0 saturated heterocycles. The number of halogens is 2. The van der Waals surface area contributed by atoms with Crippen LogP contribution < -0.4 is 4.72 Å². The molecule has 0 aliphatic heterocycles. The molecule has 0 aliphatic rings. The molecule has 11 heteroatoms. The van der Waals surface area contributed by atoms with Gasteiger partial charge < -0.3 is 5.11 Å². The Morgan fingerprint density at radius 2 is 2.14 bits per heavy atom. The lowest BCUT2D eigenvalue weighted by Crippen LogP contribution is -2.16. The van der Waals surface area contributed by atoms with Crippen molar-refractivity contribution in [2.45, 2.75) is 11.8 Å². The number of aryl methyl sites for hydroxylation is 1. The molecule has 0 fully saturated rings. The Bertz CT molecular complexity index is 822. The minimum atomic E-state index is -4.37. The van der Waals surface area contributed by atoms with Gasteiger partial charge in [0.2, 0.25) is 5.13 Å². The van der Waals surface area contributed by atoms with Gasteiger partial charge in [0.15, 0.2) is 5.82 Å². The highest BCUT2D eigenvalue weighted by atomic mass is 35.5. The van der Waals surface area contributed by atoms with Crippen molar-refractivity contribution in [2.75, 3.05) is 4.72 Å². The first kappa shape index (κ1) is 15.6. The molecule has 1 heterocycles. The predicted octanol–water partition coefficient (Wildman–Crippen LogP) is 2.14. The number of aromatic carboxylic acids is 1. The highest BCUT2D eigenvalue weighted by molar-refractivity contribution is 7.93. The summed E-state index contributed by atoms with van der Waals surface area (Å²) in [5.74, 6) is -2.69. The lowest BCUT2D eigenvalue weighted by atomic mass is 10.2. The molecule has 0 aliphatic carbocycles. The van der Waals surface area contributed by atoms with E-state index in [0.29, 0.717) is 5.82 Å². The number of hydrogen-bond acceptors (Lipinski definition) is 6. The molecule has 1 aromatic carbocycles. The summed E-state index contributed by atoms with van der Waals surface area (Å²) in [6.45, 7) is 1.55. The van der Waals surface area contributed by atoms with E-state index >= 15 is 0 Å². The summed E-state index contributed by atoms with van der Waals surface area (Å²) in [7, 11) is -4.37. The number of rotatable bonds is 4. The first-order valence-corrected chi connectivity index (χ1v) is 7.89. The third kappa shape index (κ3) is 3.28. The quantitative estimate of drug-likeness (QED) is 0.873. The van der Waals surface area contributed by atoms with Crippen molar-refractivity contribution in [3.63, 3.8) is 0 Å². The number of hydrogen-bond donors (Lipinski definition) is 2. The van der Waals surface area contributed by atoms with Crippen LogP contribution in [0.4, 0.5) is 9.52 Å². The van der Waals surface area contributed by atoms with Crippen LogP contribution >= 0.6 is 23.1 Å². The molecule has 0 radical (unpaired) electrons. The molecule has 0 amide bonds. The SMILES string of the molecule is Cc1nsc(NS(=O)(=O)c2cc(Cl)cc(C(=O)O)c2F)n1. The maximum Gasteiger partial charge on any atom is 0.338 e. The standard InChI is InChI=1S/C10H7ClFN3O4S2/c1-4-13-10(20-14-4)15-21(18,19)7-3-5(11)2-6(8(7)12)9(16)17/h2-3H,1H3,(H,16,17)(H,13,14,15). The molecule has 0 unspecified atom stereocenters. The Morgan fingerprint density at radius 3 is 2.67 bits per heavy atom. The van der Waals surface area contributed by atoms with E-state index in [9.17, 15) is 17.6 Å². The van der Waals surface area contributed by atoms with E-state index in [1.165, 1.54) is 0 Å². The van der Waals surface area contributed by atoms with Crippen LogP contribution in [0.3, 0.4) is 0 Å². The molecule has 21 heavy (non-hydrogen) atoms. The third-order valence-corrected chi connectivity index (χ3v) is 4.68. The number of carbonyl (C=O) groups is 1. The summed E-state index contributed by atoms with van der Waals surface area (Å²) in [6.07, 6.45) is 0. The molecular formula is C10H7ClFN3O4S2. The second-order valence-corrected chi connectivity index (χ2v) is 6.66. The zero-order valence-corrected chi connectivity index (χ0v) is 12.7. The lowest BCUT2D eigenvalue weighted by Gasteiger charge is -2.08. The van der Waals surface area contributed by atoms with Crippen LogP contribution in [0.15, 0.2) is 17.0 Å². The summed E-state index contributed by atoms with van der Waals surface area (Å²) in [5, 5.41) is 8.55. The number of carboxylic acids is 1. The largest absolute Gasteiger partial charge is 0.478 e. The van der Waals surface area contributed by atoms with Crippen LogP contribution in [0.2, 0.25) is 5.02 Å². The number of aromatic nitrogens is 2. The molecule has 0 spiro atoms. The number of nitrogens with one attached hydrogen (secondary N) is 1. The minimum absolute atomic E-state index is 0.0660. The van der Waals surface area contributed by atoms with Gasteiger partial charge >= 0.3 is 5.97 Å². The molecule has 2 rings (SSSR count). The average molecular weight is 352 g/mol. The van der Waals surface area contributed by atoms with E-state index in [1.54, 1.807) is 6.92 Å². The Balaban J connectivity index is 2.52. The second kappa shape index (κ2) is 5.54. The fourth-order valence-electron chi connectivity index (χ4n) is 1.42. The molecule has 2 aromatic rings. The average Bonchev–Trinajstić information content (AvgIpc) is 2.76. The molecular weight excluding hydrogens is 345 g/mol. The van der Waals surface area contributed by atoms with Crippen LogP contribution in [0.25, 0.3) is 0 Å². The van der Waals surface area contributed by atoms with Crippen molar-refractivity contribution in [3.8, 4) is 0 Å². The molecule has 7 nitrogen and oxygen atoms in total. The Labute approximate surface area is 127 Å². The molecule has 112 valence electrons. The number of carboxylic acid groups (broad SMARTS) is 1. The van der Waals surface area contributed by atoms with Gasteiger partial charge in [-0.25, -0.2) is 22.6 Å². The van der Waals surface area contributed by atoms with Crippen molar-refractivity contribution < 1.29 is 22.7 Å². The Morgan fingerprint density at radius 1 is 1.48 bits per heavy atom. The van der Waals surface area contributed by atoms with Gasteiger partial charge in [0.05, 0.1) is 5.56 Å². The second-order valence-electron chi connectivity index (χ2n) is 3.82. The first-order valence-electron chi connectivity index (χ1n) is 5.26.